The number of Topliss-reactive ketones (excluding diaryl/α,β-unsaturated/α-hetero) is 1. The first-order chi connectivity index (χ1) is 17.3. The molecule has 36 heavy (non-hydrogen) atoms. The highest BCUT2D eigenvalue weighted by atomic mass is 16.5. The molecule has 4 rings (SSSR count). The summed E-state index contributed by atoms with van der Waals surface area (Å²) in [5.74, 6) is -1.79. The van der Waals surface area contributed by atoms with Crippen LogP contribution in [0.1, 0.15) is 37.3 Å². The zero-order valence-electron chi connectivity index (χ0n) is 21.3. The van der Waals surface area contributed by atoms with Gasteiger partial charge in [-0.05, 0) is 63.8 Å². The van der Waals surface area contributed by atoms with Crippen LogP contribution >= 0.6 is 0 Å². The van der Waals surface area contributed by atoms with Crippen molar-refractivity contribution in [3.8, 4) is 5.75 Å². The van der Waals surface area contributed by atoms with Crippen molar-refractivity contribution in [2.45, 2.75) is 31.7 Å². The fourth-order valence-electron chi connectivity index (χ4n) is 5.14. The molecule has 1 spiro atoms. The minimum atomic E-state index is -1.71. The molecule has 1 N–H and O–H groups in total. The average molecular weight is 492 g/mol. The number of rotatable bonds is 9. The van der Waals surface area contributed by atoms with Gasteiger partial charge >= 0.3 is 0 Å². The van der Waals surface area contributed by atoms with Gasteiger partial charge in [0.05, 0.1) is 18.4 Å². The summed E-state index contributed by atoms with van der Waals surface area (Å²) < 4.78 is 5.21. The third-order valence-corrected chi connectivity index (χ3v) is 6.90. The molecule has 1 unspecified atom stereocenters. The van der Waals surface area contributed by atoms with Crippen molar-refractivity contribution in [1.82, 2.24) is 9.80 Å². The maximum absolute atomic E-state index is 14.3. The molecule has 8 heteroatoms. The zero-order chi connectivity index (χ0) is 26.0. The Balaban J connectivity index is 1.96. The smallest absolute Gasteiger partial charge is 0.296 e. The van der Waals surface area contributed by atoms with Gasteiger partial charge in [-0.3, -0.25) is 14.4 Å². The standard InChI is InChI=1S/C28H33N3O5/c1-5-6-17-30-22-11-8-7-10-21(22)28(27(30)35)23(24(32)19-12-14-20(36-4)15-13-19)25(33)26(34)31(28)18-9-16-29(2)3/h7-8,10-15,32H,5-6,9,16-18H2,1-4H3/b24-23-. The van der Waals surface area contributed by atoms with Gasteiger partial charge in [-0.1, -0.05) is 31.5 Å². The Hall–Kier alpha value is -3.65. The quantitative estimate of drug-likeness (QED) is 0.329. The number of ketones is 1. The molecule has 0 aromatic heterocycles. The van der Waals surface area contributed by atoms with Gasteiger partial charge in [-0.2, -0.15) is 0 Å². The lowest BCUT2D eigenvalue weighted by molar-refractivity contribution is -0.143. The lowest BCUT2D eigenvalue weighted by Crippen LogP contribution is -2.52. The normalized spacial score (nSPS) is 20.6. The number of ether oxygens (including phenoxy) is 1. The second-order valence-electron chi connectivity index (χ2n) is 9.43. The first-order valence-corrected chi connectivity index (χ1v) is 12.3. The minimum Gasteiger partial charge on any atom is -0.507 e. The predicted molar refractivity (Wildman–Crippen MR) is 138 cm³/mol. The van der Waals surface area contributed by atoms with Crippen LogP contribution in [0.5, 0.6) is 5.75 Å². The Kier molecular flexibility index (Phi) is 7.17. The van der Waals surface area contributed by atoms with E-state index in [1.165, 1.54) is 12.0 Å². The molecule has 2 heterocycles. The van der Waals surface area contributed by atoms with Gasteiger partial charge in [0.25, 0.3) is 17.6 Å². The summed E-state index contributed by atoms with van der Waals surface area (Å²) in [4.78, 5) is 46.4. The number of para-hydroxylation sites is 1. The number of carbonyl (C=O) groups is 3. The number of aliphatic hydroxyl groups is 1. The zero-order valence-corrected chi connectivity index (χ0v) is 21.3. The van der Waals surface area contributed by atoms with Crippen molar-refractivity contribution in [3.05, 3.63) is 65.2 Å². The summed E-state index contributed by atoms with van der Waals surface area (Å²) in [6.07, 6.45) is 2.21. The first kappa shape index (κ1) is 25.4. The van der Waals surface area contributed by atoms with Crippen molar-refractivity contribution in [2.75, 3.05) is 45.7 Å². The monoisotopic (exact) mass is 491 g/mol. The fourth-order valence-corrected chi connectivity index (χ4v) is 5.14. The number of amides is 2. The van der Waals surface area contributed by atoms with Gasteiger partial charge in [-0.25, -0.2) is 0 Å². The third kappa shape index (κ3) is 3.95. The highest BCUT2D eigenvalue weighted by Crippen LogP contribution is 2.53. The van der Waals surface area contributed by atoms with Crippen LogP contribution in [0, 0.1) is 0 Å². The molecule has 1 atom stereocenters. The summed E-state index contributed by atoms with van der Waals surface area (Å²) in [5, 5.41) is 11.5. The Bertz CT molecular complexity index is 1200. The summed E-state index contributed by atoms with van der Waals surface area (Å²) in [6.45, 7) is 3.37. The number of anilines is 1. The van der Waals surface area contributed by atoms with Gasteiger partial charge in [0.1, 0.15) is 11.5 Å². The van der Waals surface area contributed by atoms with Crippen molar-refractivity contribution < 1.29 is 24.2 Å². The SMILES string of the molecule is CCCCN1C(=O)C2(/C(=C(\O)c3ccc(OC)cc3)C(=O)C(=O)N2CCCN(C)C)c2ccccc21. The third-order valence-electron chi connectivity index (χ3n) is 6.90. The van der Waals surface area contributed by atoms with Crippen molar-refractivity contribution in [3.63, 3.8) is 0 Å². The van der Waals surface area contributed by atoms with E-state index in [-0.39, 0.29) is 23.8 Å². The molecule has 0 radical (unpaired) electrons. The maximum Gasteiger partial charge on any atom is 0.296 e. The molecule has 2 aliphatic rings. The summed E-state index contributed by atoms with van der Waals surface area (Å²) in [5.41, 5.74) is -0.353. The van der Waals surface area contributed by atoms with Crippen LogP contribution < -0.4 is 9.64 Å². The number of methoxy groups -OCH3 is 1. The van der Waals surface area contributed by atoms with Crippen molar-refractivity contribution in [2.24, 2.45) is 0 Å². The van der Waals surface area contributed by atoms with Crippen molar-refractivity contribution in [1.29, 1.82) is 0 Å². The van der Waals surface area contributed by atoms with Gasteiger partial charge in [0, 0.05) is 24.2 Å². The molecule has 0 aliphatic carbocycles. The van der Waals surface area contributed by atoms with E-state index in [0.717, 1.165) is 12.8 Å². The number of benzene rings is 2. The Morgan fingerprint density at radius 2 is 1.69 bits per heavy atom. The van der Waals surface area contributed by atoms with Gasteiger partial charge in [-0.15, -0.1) is 0 Å². The Labute approximate surface area is 211 Å². The second kappa shape index (κ2) is 10.1. The lowest BCUT2D eigenvalue weighted by Gasteiger charge is -2.34. The van der Waals surface area contributed by atoms with E-state index < -0.39 is 17.2 Å². The van der Waals surface area contributed by atoms with E-state index >= 15 is 0 Å². The number of likely N-dealkylation sites (tertiary alicyclic amines) is 1. The number of hydrogen-bond donors (Lipinski definition) is 1. The van der Waals surface area contributed by atoms with Crippen LogP contribution in [0.25, 0.3) is 5.76 Å². The molecular formula is C28H33N3O5. The molecule has 2 aromatic rings. The van der Waals surface area contributed by atoms with Gasteiger partial charge < -0.3 is 24.5 Å². The maximum atomic E-state index is 14.3. The number of carbonyl (C=O) groups excluding carboxylic acids is 3. The van der Waals surface area contributed by atoms with Crippen LogP contribution in [0.3, 0.4) is 0 Å². The van der Waals surface area contributed by atoms with E-state index in [1.807, 2.05) is 38.1 Å². The Morgan fingerprint density at radius 1 is 1.00 bits per heavy atom. The molecule has 1 saturated heterocycles. The number of fused-ring (bicyclic) bond motifs is 2. The molecule has 0 bridgehead atoms. The topological polar surface area (TPSA) is 90.4 Å². The van der Waals surface area contributed by atoms with E-state index in [9.17, 15) is 19.5 Å². The summed E-state index contributed by atoms with van der Waals surface area (Å²) in [6, 6.07) is 13.8. The summed E-state index contributed by atoms with van der Waals surface area (Å²) >= 11 is 0. The minimum absolute atomic E-state index is 0.182. The van der Waals surface area contributed by atoms with E-state index in [4.69, 9.17) is 4.74 Å². The summed E-state index contributed by atoms with van der Waals surface area (Å²) in [7, 11) is 5.39. The number of unbranched alkanes of at least 4 members (excludes halogenated alkanes) is 1. The largest absolute Gasteiger partial charge is 0.507 e. The van der Waals surface area contributed by atoms with Gasteiger partial charge in [0.2, 0.25) is 0 Å². The number of hydrogen-bond acceptors (Lipinski definition) is 6. The van der Waals surface area contributed by atoms with Crippen molar-refractivity contribution >= 4 is 29.0 Å². The molecule has 2 aliphatic heterocycles. The second-order valence-corrected chi connectivity index (χ2v) is 9.43. The number of nitrogens with zero attached hydrogens (tertiary/aromatic N) is 3. The molecular weight excluding hydrogens is 458 g/mol. The number of aliphatic hydroxyl groups excluding tert-OH is 1. The fraction of sp³-hybridized carbons (Fsp3) is 0.393. The first-order valence-electron chi connectivity index (χ1n) is 12.3. The van der Waals surface area contributed by atoms with Crippen LogP contribution in [0.15, 0.2) is 54.1 Å². The highest BCUT2D eigenvalue weighted by Gasteiger charge is 2.66. The van der Waals surface area contributed by atoms with E-state index in [1.54, 1.807) is 41.3 Å². The molecule has 2 aromatic carbocycles. The van der Waals surface area contributed by atoms with Gasteiger partial charge in [0.15, 0.2) is 5.54 Å². The van der Waals surface area contributed by atoms with Crippen LogP contribution in [0.2, 0.25) is 0 Å². The predicted octanol–water partition coefficient (Wildman–Crippen LogP) is 3.37. The van der Waals surface area contributed by atoms with Crippen LogP contribution in [-0.2, 0) is 19.9 Å². The molecule has 2 amide bonds. The van der Waals surface area contributed by atoms with Crippen LogP contribution in [0.4, 0.5) is 5.69 Å². The van der Waals surface area contributed by atoms with Crippen LogP contribution in [-0.4, -0.2) is 73.3 Å². The molecule has 8 nitrogen and oxygen atoms in total. The average Bonchev–Trinajstić information content (AvgIpc) is 3.25. The lowest BCUT2D eigenvalue weighted by atomic mass is 9.82. The van der Waals surface area contributed by atoms with E-state index in [0.29, 0.717) is 42.1 Å². The molecule has 0 saturated carbocycles. The molecule has 190 valence electrons. The highest BCUT2D eigenvalue weighted by molar-refractivity contribution is 6.50. The molecule has 1 fully saturated rings. The van der Waals surface area contributed by atoms with E-state index in [2.05, 4.69) is 0 Å². The Morgan fingerprint density at radius 3 is 2.33 bits per heavy atom.